The van der Waals surface area contributed by atoms with Gasteiger partial charge in [0.1, 0.15) is 0 Å². The number of halogens is 1. The monoisotopic (exact) mass is 332 g/mol. The predicted octanol–water partition coefficient (Wildman–Crippen LogP) is 2.99. The van der Waals surface area contributed by atoms with Crippen LogP contribution in [-0.4, -0.2) is 50.2 Å². The van der Waals surface area contributed by atoms with Gasteiger partial charge in [-0.25, -0.2) is 0 Å². The highest BCUT2D eigenvalue weighted by atomic mass is 35.5. The maximum Gasteiger partial charge on any atom is 0.222 e. The fraction of sp³-hybridized carbons (Fsp3) is 0.941. The number of amides is 1. The highest BCUT2D eigenvalue weighted by Gasteiger charge is 2.57. The summed E-state index contributed by atoms with van der Waals surface area (Å²) < 4.78 is 5.98. The molecule has 2 rings (SSSR count). The van der Waals surface area contributed by atoms with Crippen molar-refractivity contribution >= 4 is 18.3 Å². The van der Waals surface area contributed by atoms with Crippen LogP contribution in [0, 0.1) is 5.41 Å². The lowest BCUT2D eigenvalue weighted by Gasteiger charge is -2.60. The van der Waals surface area contributed by atoms with Crippen molar-refractivity contribution in [2.45, 2.75) is 70.4 Å². The van der Waals surface area contributed by atoms with Gasteiger partial charge in [-0.2, -0.15) is 0 Å². The van der Waals surface area contributed by atoms with Gasteiger partial charge in [0.05, 0.1) is 6.10 Å². The quantitative estimate of drug-likeness (QED) is 0.729. The zero-order valence-electron chi connectivity index (χ0n) is 14.4. The number of hydrogen-bond donors (Lipinski definition) is 1. The Bertz CT molecular complexity index is 346. The number of nitrogens with one attached hydrogen (secondary N) is 1. The van der Waals surface area contributed by atoms with Crippen LogP contribution in [0.5, 0.6) is 0 Å². The van der Waals surface area contributed by atoms with E-state index in [1.165, 1.54) is 32.1 Å². The number of hydrogen-bond acceptors (Lipinski definition) is 3. The van der Waals surface area contributed by atoms with Gasteiger partial charge in [0.15, 0.2) is 0 Å². The molecule has 5 heteroatoms. The third kappa shape index (κ3) is 3.95. The lowest BCUT2D eigenvalue weighted by Crippen LogP contribution is -2.65. The van der Waals surface area contributed by atoms with E-state index in [0.717, 1.165) is 26.0 Å². The van der Waals surface area contributed by atoms with E-state index in [0.29, 0.717) is 24.5 Å². The molecule has 4 nitrogen and oxygen atoms in total. The Hall–Kier alpha value is -0.320. The van der Waals surface area contributed by atoms with E-state index in [-0.39, 0.29) is 17.8 Å². The molecule has 1 amide bonds. The van der Waals surface area contributed by atoms with Crippen LogP contribution >= 0.6 is 12.4 Å². The SMILES string of the molecule is CCOC1CC(N(C)C(=O)CCCNC)C12CCCCC2.Cl. The number of nitrogens with zero attached hydrogens (tertiary/aromatic N) is 1. The van der Waals surface area contributed by atoms with Crippen LogP contribution in [0.4, 0.5) is 0 Å². The average Bonchev–Trinajstić information content (AvgIpc) is 2.51. The molecule has 22 heavy (non-hydrogen) atoms. The largest absolute Gasteiger partial charge is 0.378 e. The van der Waals surface area contributed by atoms with E-state index in [4.69, 9.17) is 4.74 Å². The number of ether oxygens (including phenoxy) is 1. The molecular weight excluding hydrogens is 300 g/mol. The van der Waals surface area contributed by atoms with Gasteiger partial charge in [0.25, 0.3) is 0 Å². The molecule has 1 spiro atoms. The highest BCUT2D eigenvalue weighted by Crippen LogP contribution is 2.55. The molecule has 130 valence electrons. The third-order valence-corrected chi connectivity index (χ3v) is 5.57. The van der Waals surface area contributed by atoms with Gasteiger partial charge >= 0.3 is 0 Å². The summed E-state index contributed by atoms with van der Waals surface area (Å²) in [6.07, 6.45) is 9.38. The number of carbonyl (C=O) groups excluding carboxylic acids is 1. The fourth-order valence-electron chi connectivity index (χ4n) is 4.34. The van der Waals surface area contributed by atoms with Gasteiger partial charge < -0.3 is 15.0 Å². The Morgan fingerprint density at radius 3 is 2.59 bits per heavy atom. The summed E-state index contributed by atoms with van der Waals surface area (Å²) in [5.74, 6) is 0.301. The van der Waals surface area contributed by atoms with Crippen molar-refractivity contribution in [1.82, 2.24) is 10.2 Å². The van der Waals surface area contributed by atoms with Crippen molar-refractivity contribution in [1.29, 1.82) is 0 Å². The lowest BCUT2D eigenvalue weighted by molar-refractivity contribution is -0.185. The van der Waals surface area contributed by atoms with E-state index >= 15 is 0 Å². The second-order valence-electron chi connectivity index (χ2n) is 6.70. The van der Waals surface area contributed by atoms with Crippen molar-refractivity contribution in [3.8, 4) is 0 Å². The maximum atomic E-state index is 12.4. The van der Waals surface area contributed by atoms with E-state index in [9.17, 15) is 4.79 Å². The Labute approximate surface area is 141 Å². The van der Waals surface area contributed by atoms with Crippen molar-refractivity contribution in [2.24, 2.45) is 5.41 Å². The Morgan fingerprint density at radius 2 is 2.00 bits per heavy atom. The molecule has 2 saturated carbocycles. The first-order valence-corrected chi connectivity index (χ1v) is 8.67. The average molecular weight is 333 g/mol. The number of carbonyl (C=O) groups is 1. The van der Waals surface area contributed by atoms with Gasteiger partial charge in [-0.05, 0) is 46.2 Å². The van der Waals surface area contributed by atoms with Gasteiger partial charge in [-0.1, -0.05) is 19.3 Å². The minimum absolute atomic E-state index is 0. The summed E-state index contributed by atoms with van der Waals surface area (Å²) in [4.78, 5) is 14.4. The van der Waals surface area contributed by atoms with Crippen LogP contribution in [-0.2, 0) is 9.53 Å². The van der Waals surface area contributed by atoms with Crippen LogP contribution < -0.4 is 5.32 Å². The molecule has 2 atom stereocenters. The van der Waals surface area contributed by atoms with Crippen LogP contribution in [0.3, 0.4) is 0 Å². The van der Waals surface area contributed by atoms with Gasteiger partial charge in [0, 0.05) is 31.5 Å². The molecule has 0 saturated heterocycles. The van der Waals surface area contributed by atoms with Gasteiger partial charge in [-0.3, -0.25) is 4.79 Å². The molecule has 2 fully saturated rings. The summed E-state index contributed by atoms with van der Waals surface area (Å²) in [7, 11) is 3.94. The van der Waals surface area contributed by atoms with Crippen LogP contribution in [0.1, 0.15) is 58.3 Å². The first kappa shape index (κ1) is 19.7. The molecule has 0 heterocycles. The van der Waals surface area contributed by atoms with Crippen molar-refractivity contribution in [3.63, 3.8) is 0 Å². The molecule has 0 bridgehead atoms. The lowest BCUT2D eigenvalue weighted by atomic mass is 9.54. The molecule has 1 N–H and O–H groups in total. The van der Waals surface area contributed by atoms with E-state index in [2.05, 4.69) is 12.2 Å². The summed E-state index contributed by atoms with van der Waals surface area (Å²) >= 11 is 0. The summed E-state index contributed by atoms with van der Waals surface area (Å²) in [6, 6.07) is 0.399. The minimum Gasteiger partial charge on any atom is -0.378 e. The summed E-state index contributed by atoms with van der Waals surface area (Å²) in [5.41, 5.74) is 0.252. The molecule has 2 aliphatic carbocycles. The molecule has 0 aromatic heterocycles. The van der Waals surface area contributed by atoms with E-state index in [1.54, 1.807) is 0 Å². The standard InChI is InChI=1S/C17H32N2O2.ClH/c1-4-21-15-13-14(17(15)10-6-5-7-11-17)19(3)16(20)9-8-12-18-2;/h14-15,18H,4-13H2,1-3H3;1H. The summed E-state index contributed by atoms with van der Waals surface area (Å²) in [5, 5.41) is 3.11. The molecule has 0 aromatic carbocycles. The topological polar surface area (TPSA) is 41.6 Å². The molecule has 0 aliphatic heterocycles. The van der Waals surface area contributed by atoms with E-state index in [1.807, 2.05) is 19.0 Å². The van der Waals surface area contributed by atoms with Crippen LogP contribution in [0.25, 0.3) is 0 Å². The number of rotatable bonds is 7. The van der Waals surface area contributed by atoms with Gasteiger partial charge in [-0.15, -0.1) is 12.4 Å². The molecule has 0 aromatic rings. The first-order valence-electron chi connectivity index (χ1n) is 8.67. The van der Waals surface area contributed by atoms with Gasteiger partial charge in [0.2, 0.25) is 5.91 Å². The predicted molar refractivity (Wildman–Crippen MR) is 92.5 cm³/mol. The van der Waals surface area contributed by atoms with Crippen LogP contribution in [0.15, 0.2) is 0 Å². The third-order valence-electron chi connectivity index (χ3n) is 5.57. The molecule has 0 radical (unpaired) electrons. The van der Waals surface area contributed by atoms with Crippen LogP contribution in [0.2, 0.25) is 0 Å². The van der Waals surface area contributed by atoms with Crippen molar-refractivity contribution in [2.75, 3.05) is 27.2 Å². The fourth-order valence-corrected chi connectivity index (χ4v) is 4.34. The molecule has 2 aliphatic rings. The summed E-state index contributed by atoms with van der Waals surface area (Å²) in [6.45, 7) is 3.78. The second kappa shape index (κ2) is 9.09. The molecule has 2 unspecified atom stereocenters. The smallest absolute Gasteiger partial charge is 0.222 e. The molecular formula is C17H33ClN2O2. The Kier molecular flexibility index (Phi) is 8.15. The first-order chi connectivity index (χ1) is 10.2. The normalized spacial score (nSPS) is 26.1. The van der Waals surface area contributed by atoms with Crippen molar-refractivity contribution < 1.29 is 9.53 Å². The van der Waals surface area contributed by atoms with Crippen molar-refractivity contribution in [3.05, 3.63) is 0 Å². The zero-order valence-corrected chi connectivity index (χ0v) is 15.2. The zero-order chi connectivity index (χ0) is 15.3. The highest BCUT2D eigenvalue weighted by molar-refractivity contribution is 5.85. The maximum absolute atomic E-state index is 12.4. The minimum atomic E-state index is 0. The Morgan fingerprint density at radius 1 is 1.32 bits per heavy atom. The Balaban J connectivity index is 0.00000242. The van der Waals surface area contributed by atoms with E-state index < -0.39 is 0 Å². The second-order valence-corrected chi connectivity index (χ2v) is 6.70.